The molecule has 1 aromatic carbocycles. The Kier molecular flexibility index (Phi) is 3.93. The fraction of sp³-hybridized carbons (Fsp3) is 0.400. The number of piperidine rings is 1. The highest BCUT2D eigenvalue weighted by molar-refractivity contribution is 5.32. The van der Waals surface area contributed by atoms with Gasteiger partial charge in [-0.05, 0) is 31.5 Å². The van der Waals surface area contributed by atoms with Crippen LogP contribution in [-0.4, -0.2) is 26.6 Å². The zero-order valence-electron chi connectivity index (χ0n) is 11.6. The lowest BCUT2D eigenvalue weighted by Crippen LogP contribution is -2.33. The Hall–Kier alpha value is -2.26. The molecule has 3 rings (SSSR count). The number of aromatic amines is 1. The topological polar surface area (TPSA) is 68.6 Å². The van der Waals surface area contributed by atoms with Gasteiger partial charge in [-0.25, -0.2) is 9.37 Å². The number of rotatable bonds is 3. The molecule has 108 valence electrons. The molecule has 1 saturated heterocycles. The first-order valence-corrected chi connectivity index (χ1v) is 7.06. The van der Waals surface area contributed by atoms with Gasteiger partial charge in [0.2, 0.25) is 0 Å². The monoisotopic (exact) mass is 285 g/mol. The van der Waals surface area contributed by atoms with Gasteiger partial charge in [0.1, 0.15) is 18.0 Å². The van der Waals surface area contributed by atoms with Crippen LogP contribution in [0.25, 0.3) is 0 Å². The molecule has 0 saturated carbocycles. The molecule has 0 bridgehead atoms. The summed E-state index contributed by atoms with van der Waals surface area (Å²) in [6.07, 6.45) is 4.73. The molecule has 1 atom stereocenters. The summed E-state index contributed by atoms with van der Waals surface area (Å²) in [4.78, 5) is 6.45. The lowest BCUT2D eigenvalue weighted by atomic mass is 10.00. The Morgan fingerprint density at radius 2 is 2.33 bits per heavy atom. The van der Waals surface area contributed by atoms with E-state index in [1.807, 2.05) is 6.07 Å². The summed E-state index contributed by atoms with van der Waals surface area (Å²) >= 11 is 0. The van der Waals surface area contributed by atoms with E-state index < -0.39 is 0 Å². The van der Waals surface area contributed by atoms with Crippen molar-refractivity contribution in [1.29, 1.82) is 5.26 Å². The van der Waals surface area contributed by atoms with E-state index in [4.69, 9.17) is 5.26 Å². The fourth-order valence-electron chi connectivity index (χ4n) is 2.83. The van der Waals surface area contributed by atoms with Crippen molar-refractivity contribution in [2.24, 2.45) is 0 Å². The molecule has 0 unspecified atom stereocenters. The van der Waals surface area contributed by atoms with Gasteiger partial charge in [-0.15, -0.1) is 0 Å². The molecular formula is C15H16FN5. The quantitative estimate of drug-likeness (QED) is 0.941. The highest BCUT2D eigenvalue weighted by Gasteiger charge is 2.26. The third-order valence-electron chi connectivity index (χ3n) is 3.92. The van der Waals surface area contributed by atoms with E-state index in [2.05, 4.69) is 20.1 Å². The third kappa shape index (κ3) is 2.93. The van der Waals surface area contributed by atoms with E-state index in [0.717, 1.165) is 31.6 Å². The van der Waals surface area contributed by atoms with Gasteiger partial charge in [-0.3, -0.25) is 10.00 Å². The number of nitriles is 1. The molecule has 1 aromatic heterocycles. The number of hydrogen-bond acceptors (Lipinski definition) is 4. The molecular weight excluding hydrogens is 269 g/mol. The molecule has 0 amide bonds. The lowest BCUT2D eigenvalue weighted by molar-refractivity contribution is 0.132. The molecule has 0 spiro atoms. The molecule has 2 heterocycles. The number of halogens is 1. The van der Waals surface area contributed by atoms with E-state index in [-0.39, 0.29) is 11.9 Å². The molecule has 1 fully saturated rings. The number of nitrogens with zero attached hydrogens (tertiary/aromatic N) is 4. The van der Waals surface area contributed by atoms with E-state index in [1.165, 1.54) is 12.4 Å². The molecule has 1 aliphatic rings. The summed E-state index contributed by atoms with van der Waals surface area (Å²) in [7, 11) is 0. The van der Waals surface area contributed by atoms with Crippen LogP contribution >= 0.6 is 0 Å². The van der Waals surface area contributed by atoms with E-state index in [1.54, 1.807) is 12.1 Å². The summed E-state index contributed by atoms with van der Waals surface area (Å²) in [5, 5.41) is 15.6. The van der Waals surface area contributed by atoms with Crippen LogP contribution in [0.2, 0.25) is 0 Å². The van der Waals surface area contributed by atoms with Gasteiger partial charge in [-0.1, -0.05) is 12.5 Å². The van der Waals surface area contributed by atoms with Crippen LogP contribution < -0.4 is 0 Å². The van der Waals surface area contributed by atoms with Crippen LogP contribution in [0, 0.1) is 17.1 Å². The van der Waals surface area contributed by atoms with E-state index in [9.17, 15) is 4.39 Å². The van der Waals surface area contributed by atoms with Gasteiger partial charge in [0.05, 0.1) is 17.7 Å². The largest absolute Gasteiger partial charge is 0.289 e. The van der Waals surface area contributed by atoms with Crippen molar-refractivity contribution in [2.75, 3.05) is 6.54 Å². The Morgan fingerprint density at radius 1 is 1.43 bits per heavy atom. The average Bonchev–Trinajstić information content (AvgIpc) is 3.04. The minimum absolute atomic E-state index is 0.149. The van der Waals surface area contributed by atoms with Crippen LogP contribution in [0.5, 0.6) is 0 Å². The van der Waals surface area contributed by atoms with Crippen molar-refractivity contribution < 1.29 is 4.39 Å². The van der Waals surface area contributed by atoms with Crippen molar-refractivity contribution >= 4 is 0 Å². The number of likely N-dealkylation sites (tertiary alicyclic amines) is 1. The Labute approximate surface area is 122 Å². The normalized spacial score (nSPS) is 19.3. The Balaban J connectivity index is 1.80. The van der Waals surface area contributed by atoms with Crippen LogP contribution in [-0.2, 0) is 6.54 Å². The number of aromatic nitrogens is 3. The second kappa shape index (κ2) is 6.02. The first-order valence-electron chi connectivity index (χ1n) is 7.06. The molecule has 21 heavy (non-hydrogen) atoms. The number of benzene rings is 1. The molecule has 0 radical (unpaired) electrons. The smallest absolute Gasteiger partial charge is 0.141 e. The van der Waals surface area contributed by atoms with Gasteiger partial charge < -0.3 is 0 Å². The predicted octanol–water partition coefficient (Wildman–Crippen LogP) is 2.54. The highest BCUT2D eigenvalue weighted by Crippen LogP contribution is 2.30. The molecule has 0 aliphatic carbocycles. The molecule has 2 aromatic rings. The third-order valence-corrected chi connectivity index (χ3v) is 3.92. The minimum atomic E-state index is -0.323. The maximum absolute atomic E-state index is 14.0. The van der Waals surface area contributed by atoms with Crippen molar-refractivity contribution in [1.82, 2.24) is 20.1 Å². The lowest BCUT2D eigenvalue weighted by Gasteiger charge is -2.34. The zero-order valence-corrected chi connectivity index (χ0v) is 11.6. The van der Waals surface area contributed by atoms with Gasteiger partial charge >= 0.3 is 0 Å². The van der Waals surface area contributed by atoms with Crippen molar-refractivity contribution in [3.63, 3.8) is 0 Å². The second-order valence-corrected chi connectivity index (χ2v) is 5.27. The van der Waals surface area contributed by atoms with Crippen LogP contribution in [0.4, 0.5) is 4.39 Å². The summed E-state index contributed by atoms with van der Waals surface area (Å²) in [5.74, 6) is 0.514. The maximum Gasteiger partial charge on any atom is 0.141 e. The Morgan fingerprint density at radius 3 is 3.05 bits per heavy atom. The van der Waals surface area contributed by atoms with E-state index in [0.29, 0.717) is 17.7 Å². The average molecular weight is 285 g/mol. The van der Waals surface area contributed by atoms with E-state index >= 15 is 0 Å². The van der Waals surface area contributed by atoms with Crippen LogP contribution in [0.1, 0.15) is 42.3 Å². The molecule has 6 heteroatoms. The van der Waals surface area contributed by atoms with Gasteiger partial charge in [0.15, 0.2) is 0 Å². The molecule has 1 N–H and O–H groups in total. The van der Waals surface area contributed by atoms with Crippen LogP contribution in [0.15, 0.2) is 24.5 Å². The highest BCUT2D eigenvalue weighted by atomic mass is 19.1. The number of hydrogen-bond donors (Lipinski definition) is 1. The maximum atomic E-state index is 14.0. The minimum Gasteiger partial charge on any atom is -0.289 e. The van der Waals surface area contributed by atoms with Crippen molar-refractivity contribution in [3.05, 3.63) is 47.3 Å². The van der Waals surface area contributed by atoms with Gasteiger partial charge in [0.25, 0.3) is 0 Å². The van der Waals surface area contributed by atoms with Crippen molar-refractivity contribution in [3.8, 4) is 6.07 Å². The van der Waals surface area contributed by atoms with Gasteiger partial charge in [0, 0.05) is 12.1 Å². The summed E-state index contributed by atoms with van der Waals surface area (Å²) in [6.45, 7) is 1.42. The second-order valence-electron chi connectivity index (χ2n) is 5.27. The summed E-state index contributed by atoms with van der Waals surface area (Å²) < 4.78 is 14.0. The standard InChI is InChI=1S/C15H16FN5/c16-13-7-11(8-17)4-5-12(13)9-21-6-2-1-3-14(21)15-18-10-19-20-15/h4-5,7,10,14H,1-3,6,9H2,(H,18,19,20)/t14-/m0/s1. The molecule has 5 nitrogen and oxygen atoms in total. The Bertz CT molecular complexity index is 647. The first-order chi connectivity index (χ1) is 10.3. The van der Waals surface area contributed by atoms with Crippen LogP contribution in [0.3, 0.4) is 0 Å². The zero-order chi connectivity index (χ0) is 14.7. The summed E-state index contributed by atoms with van der Waals surface area (Å²) in [5.41, 5.74) is 0.960. The number of nitrogens with one attached hydrogen (secondary N) is 1. The number of H-pyrrole nitrogens is 1. The summed E-state index contributed by atoms with van der Waals surface area (Å²) in [6, 6.07) is 6.75. The first kappa shape index (κ1) is 13.7. The van der Waals surface area contributed by atoms with Gasteiger partial charge in [-0.2, -0.15) is 10.4 Å². The fourth-order valence-corrected chi connectivity index (χ4v) is 2.83. The predicted molar refractivity (Wildman–Crippen MR) is 74.5 cm³/mol. The molecule has 1 aliphatic heterocycles. The van der Waals surface area contributed by atoms with Crippen molar-refractivity contribution in [2.45, 2.75) is 31.8 Å². The SMILES string of the molecule is N#Cc1ccc(CN2CCCC[C@H]2c2ncn[nH]2)c(F)c1.